The molecule has 1 aromatic carbocycles. The maximum atomic E-state index is 12.4. The first-order valence-electron chi connectivity index (χ1n) is 12.4. The van der Waals surface area contributed by atoms with Crippen LogP contribution in [0.25, 0.3) is 0 Å². The van der Waals surface area contributed by atoms with Gasteiger partial charge in [0, 0.05) is 50.6 Å². The number of ether oxygens (including phenoxy) is 1. The minimum atomic E-state index is -0.306. The van der Waals surface area contributed by atoms with Crippen molar-refractivity contribution < 1.29 is 16.1 Å². The Labute approximate surface area is 203 Å². The molecule has 2 heterocycles. The standard InChI is InChI=1S/C26H37N5O3.H2/c1-19(14-16-32)30(2)23-13-15-31(18-23)22-10-7-20(8-11-22)28-26(33)29-21-9-12-25(27-17-21)34-24-5-3-4-6-24;/h7-12,17,19,23-24,32H,3-6,13-16,18H2,1-2H3,(H2,28,29,33);1H/t19-,23?;/m0./s1. The van der Waals surface area contributed by atoms with Gasteiger partial charge in [0.2, 0.25) is 5.88 Å². The Balaban J connectivity index is 0.00000342. The van der Waals surface area contributed by atoms with Crippen LogP contribution in [0.15, 0.2) is 42.6 Å². The molecule has 0 radical (unpaired) electrons. The number of benzene rings is 1. The molecule has 186 valence electrons. The van der Waals surface area contributed by atoms with Gasteiger partial charge in [-0.2, -0.15) is 0 Å². The fraction of sp³-hybridized carbons (Fsp3) is 0.538. The number of aromatic nitrogens is 1. The average molecular weight is 470 g/mol. The molecular formula is C26H39N5O3. The van der Waals surface area contributed by atoms with E-state index in [-0.39, 0.29) is 20.2 Å². The van der Waals surface area contributed by atoms with Gasteiger partial charge in [-0.25, -0.2) is 9.78 Å². The summed E-state index contributed by atoms with van der Waals surface area (Å²) < 4.78 is 5.87. The highest BCUT2D eigenvalue weighted by atomic mass is 16.5. The van der Waals surface area contributed by atoms with E-state index in [9.17, 15) is 9.90 Å². The molecule has 2 atom stereocenters. The molecule has 34 heavy (non-hydrogen) atoms. The number of rotatable bonds is 9. The maximum absolute atomic E-state index is 12.4. The van der Waals surface area contributed by atoms with Gasteiger partial charge in [-0.1, -0.05) is 0 Å². The largest absolute Gasteiger partial charge is 0.474 e. The van der Waals surface area contributed by atoms with Crippen LogP contribution >= 0.6 is 0 Å². The number of aliphatic hydroxyl groups is 1. The Hall–Kier alpha value is -2.84. The molecule has 4 rings (SSSR count). The Morgan fingerprint density at radius 1 is 1.18 bits per heavy atom. The Kier molecular flexibility index (Phi) is 8.24. The van der Waals surface area contributed by atoms with Gasteiger partial charge in [-0.15, -0.1) is 0 Å². The lowest BCUT2D eigenvalue weighted by atomic mass is 10.1. The molecular weight excluding hydrogens is 430 g/mol. The normalized spacial score (nSPS) is 19.4. The molecule has 2 aliphatic rings. The summed E-state index contributed by atoms with van der Waals surface area (Å²) >= 11 is 0. The maximum Gasteiger partial charge on any atom is 0.323 e. The zero-order valence-electron chi connectivity index (χ0n) is 20.2. The quantitative estimate of drug-likeness (QED) is 0.498. The van der Waals surface area contributed by atoms with Gasteiger partial charge < -0.3 is 25.4 Å². The monoisotopic (exact) mass is 469 g/mol. The first kappa shape index (κ1) is 24.3. The van der Waals surface area contributed by atoms with Gasteiger partial charge in [0.25, 0.3) is 0 Å². The molecule has 8 nitrogen and oxygen atoms in total. The number of carbonyl (C=O) groups excluding carboxylic acids is 1. The van der Waals surface area contributed by atoms with E-state index in [2.05, 4.69) is 39.4 Å². The van der Waals surface area contributed by atoms with Crippen molar-refractivity contribution in [3.8, 4) is 5.88 Å². The predicted octanol–water partition coefficient (Wildman–Crippen LogP) is 4.57. The molecule has 0 bridgehead atoms. The summed E-state index contributed by atoms with van der Waals surface area (Å²) in [5, 5.41) is 14.9. The second kappa shape index (κ2) is 11.5. The molecule has 8 heteroatoms. The fourth-order valence-corrected chi connectivity index (χ4v) is 4.81. The summed E-state index contributed by atoms with van der Waals surface area (Å²) in [5.74, 6) is 0.603. The van der Waals surface area contributed by atoms with Crippen LogP contribution in [-0.2, 0) is 0 Å². The second-order valence-electron chi connectivity index (χ2n) is 9.45. The van der Waals surface area contributed by atoms with Crippen molar-refractivity contribution >= 4 is 23.1 Å². The number of pyridine rings is 1. The van der Waals surface area contributed by atoms with E-state index >= 15 is 0 Å². The third kappa shape index (κ3) is 6.39. The number of hydrogen-bond acceptors (Lipinski definition) is 6. The van der Waals surface area contributed by atoms with Gasteiger partial charge in [0.15, 0.2) is 0 Å². The Bertz CT molecular complexity index is 922. The zero-order valence-corrected chi connectivity index (χ0v) is 20.2. The third-order valence-corrected chi connectivity index (χ3v) is 7.06. The van der Waals surface area contributed by atoms with Crippen LogP contribution in [0.3, 0.4) is 0 Å². The van der Waals surface area contributed by atoms with E-state index in [0.29, 0.717) is 23.7 Å². The average Bonchev–Trinajstić information content (AvgIpc) is 3.53. The van der Waals surface area contributed by atoms with Crippen molar-refractivity contribution in [2.24, 2.45) is 0 Å². The van der Waals surface area contributed by atoms with E-state index in [1.165, 1.54) is 12.8 Å². The number of aliphatic hydroxyl groups excluding tert-OH is 1. The van der Waals surface area contributed by atoms with Crippen LogP contribution in [0.5, 0.6) is 5.88 Å². The molecule has 3 N–H and O–H groups in total. The van der Waals surface area contributed by atoms with Crippen LogP contribution in [0.2, 0.25) is 0 Å². The van der Waals surface area contributed by atoms with E-state index in [1.807, 2.05) is 30.3 Å². The van der Waals surface area contributed by atoms with Crippen molar-refractivity contribution in [2.75, 3.05) is 42.3 Å². The number of carbonyl (C=O) groups is 1. The van der Waals surface area contributed by atoms with Crippen LogP contribution in [0.4, 0.5) is 21.9 Å². The number of nitrogens with zero attached hydrogens (tertiary/aromatic N) is 3. The van der Waals surface area contributed by atoms with Gasteiger partial charge >= 0.3 is 6.03 Å². The van der Waals surface area contributed by atoms with Crippen LogP contribution < -0.4 is 20.3 Å². The first-order chi connectivity index (χ1) is 16.5. The zero-order chi connectivity index (χ0) is 23.9. The molecule has 1 saturated carbocycles. The molecule has 0 spiro atoms. The van der Waals surface area contributed by atoms with E-state index in [4.69, 9.17) is 4.74 Å². The van der Waals surface area contributed by atoms with Crippen molar-refractivity contribution in [3.05, 3.63) is 42.6 Å². The smallest absolute Gasteiger partial charge is 0.323 e. The minimum Gasteiger partial charge on any atom is -0.474 e. The molecule has 1 saturated heterocycles. The minimum absolute atomic E-state index is 0. The summed E-state index contributed by atoms with van der Waals surface area (Å²) in [5.41, 5.74) is 2.51. The number of likely N-dealkylation sites (N-methyl/N-ethyl adjacent to an activating group) is 1. The second-order valence-corrected chi connectivity index (χ2v) is 9.45. The van der Waals surface area contributed by atoms with Crippen molar-refractivity contribution in [1.29, 1.82) is 0 Å². The molecule has 2 amide bonds. The predicted molar refractivity (Wildman–Crippen MR) is 138 cm³/mol. The summed E-state index contributed by atoms with van der Waals surface area (Å²) in [6.07, 6.45) is 8.38. The van der Waals surface area contributed by atoms with Gasteiger partial charge in [-0.05, 0) is 82.8 Å². The summed E-state index contributed by atoms with van der Waals surface area (Å²) in [6, 6.07) is 12.1. The van der Waals surface area contributed by atoms with Crippen LogP contribution in [0.1, 0.15) is 46.9 Å². The highest BCUT2D eigenvalue weighted by molar-refractivity contribution is 5.99. The first-order valence-corrected chi connectivity index (χ1v) is 12.4. The van der Waals surface area contributed by atoms with Gasteiger partial charge in [-0.3, -0.25) is 4.90 Å². The number of hydrogen-bond donors (Lipinski definition) is 3. The summed E-state index contributed by atoms with van der Waals surface area (Å²) in [6.45, 7) is 4.36. The molecule has 1 unspecified atom stereocenters. The van der Waals surface area contributed by atoms with Crippen molar-refractivity contribution in [2.45, 2.75) is 63.6 Å². The molecule has 1 aromatic heterocycles. The fourth-order valence-electron chi connectivity index (χ4n) is 4.81. The lowest BCUT2D eigenvalue weighted by Crippen LogP contribution is -2.40. The molecule has 1 aliphatic heterocycles. The lowest BCUT2D eigenvalue weighted by Gasteiger charge is -2.30. The molecule has 1 aliphatic carbocycles. The van der Waals surface area contributed by atoms with Gasteiger partial charge in [0.1, 0.15) is 6.10 Å². The third-order valence-electron chi connectivity index (χ3n) is 7.06. The lowest BCUT2D eigenvalue weighted by molar-refractivity contribution is 0.159. The molecule has 2 fully saturated rings. The topological polar surface area (TPSA) is 90.0 Å². The SMILES string of the molecule is C[C@@H](CCO)N(C)C1CCN(c2ccc(NC(=O)Nc3ccc(OC4CCCC4)nc3)cc2)C1.[HH]. The van der Waals surface area contributed by atoms with Crippen molar-refractivity contribution in [1.82, 2.24) is 9.88 Å². The summed E-state index contributed by atoms with van der Waals surface area (Å²) in [7, 11) is 2.14. The van der Waals surface area contributed by atoms with Gasteiger partial charge in [0.05, 0.1) is 11.9 Å². The highest BCUT2D eigenvalue weighted by Crippen LogP contribution is 2.26. The number of urea groups is 1. The summed E-state index contributed by atoms with van der Waals surface area (Å²) in [4.78, 5) is 21.5. The van der Waals surface area contributed by atoms with E-state index in [0.717, 1.165) is 50.1 Å². The van der Waals surface area contributed by atoms with Crippen LogP contribution in [0, 0.1) is 0 Å². The molecule has 2 aromatic rings. The highest BCUT2D eigenvalue weighted by Gasteiger charge is 2.28. The number of anilines is 3. The Morgan fingerprint density at radius 3 is 2.56 bits per heavy atom. The van der Waals surface area contributed by atoms with E-state index < -0.39 is 0 Å². The number of amides is 2. The van der Waals surface area contributed by atoms with Crippen LogP contribution in [-0.4, -0.2) is 66.0 Å². The van der Waals surface area contributed by atoms with Crippen molar-refractivity contribution in [3.63, 3.8) is 0 Å². The number of nitrogens with one attached hydrogen (secondary N) is 2. The van der Waals surface area contributed by atoms with E-state index in [1.54, 1.807) is 12.3 Å². The Morgan fingerprint density at radius 2 is 1.88 bits per heavy atom.